The van der Waals surface area contributed by atoms with Crippen molar-refractivity contribution >= 4 is 0 Å². The highest BCUT2D eigenvalue weighted by Crippen LogP contribution is 2.54. The van der Waals surface area contributed by atoms with Gasteiger partial charge in [0.1, 0.15) is 0 Å². The third kappa shape index (κ3) is 2.06. The molecule has 0 aromatic heterocycles. The third-order valence-electron chi connectivity index (χ3n) is 8.72. The Hall–Kier alpha value is -3.90. The van der Waals surface area contributed by atoms with Crippen molar-refractivity contribution in [3.8, 4) is 44.5 Å². The Balaban J connectivity index is 1.28. The van der Waals surface area contributed by atoms with Crippen molar-refractivity contribution in [3.05, 3.63) is 129 Å². The van der Waals surface area contributed by atoms with Crippen LogP contribution in [0.4, 0.5) is 0 Å². The molecular formula is C34H22. The summed E-state index contributed by atoms with van der Waals surface area (Å²) >= 11 is 0. The quantitative estimate of drug-likeness (QED) is 0.229. The van der Waals surface area contributed by atoms with E-state index in [1.807, 2.05) is 0 Å². The molecule has 4 aliphatic carbocycles. The van der Waals surface area contributed by atoms with Crippen LogP contribution in [0, 0.1) is 0 Å². The fourth-order valence-corrected chi connectivity index (χ4v) is 7.30. The van der Waals surface area contributed by atoms with Crippen LogP contribution in [-0.4, -0.2) is 0 Å². The molecule has 0 atom stereocenters. The number of hydrogen-bond acceptors (Lipinski definition) is 0. The highest BCUT2D eigenvalue weighted by Gasteiger charge is 2.33. The van der Waals surface area contributed by atoms with Crippen molar-refractivity contribution < 1.29 is 0 Å². The SMILES string of the molecule is c1ccc2c(c1)Cc1ccc3c(c1-2)-c1cc2c(cc1C3)-c1c(ccc3c1-c1ccccc1C3)C2. The van der Waals surface area contributed by atoms with E-state index in [9.17, 15) is 0 Å². The molecule has 158 valence electrons. The van der Waals surface area contributed by atoms with Crippen molar-refractivity contribution in [2.24, 2.45) is 0 Å². The molecule has 0 amide bonds. The van der Waals surface area contributed by atoms with Crippen LogP contribution in [0.1, 0.15) is 44.5 Å². The molecule has 0 spiro atoms. The van der Waals surface area contributed by atoms with Crippen LogP contribution in [-0.2, 0) is 25.7 Å². The van der Waals surface area contributed by atoms with E-state index in [0.29, 0.717) is 0 Å². The summed E-state index contributed by atoms with van der Waals surface area (Å²) in [5.41, 5.74) is 23.8. The number of rotatable bonds is 0. The van der Waals surface area contributed by atoms with Crippen molar-refractivity contribution in [1.82, 2.24) is 0 Å². The van der Waals surface area contributed by atoms with E-state index in [0.717, 1.165) is 25.7 Å². The monoisotopic (exact) mass is 430 g/mol. The van der Waals surface area contributed by atoms with Crippen molar-refractivity contribution in [1.29, 1.82) is 0 Å². The van der Waals surface area contributed by atoms with Crippen molar-refractivity contribution in [2.75, 3.05) is 0 Å². The minimum Gasteiger partial charge on any atom is -0.0619 e. The van der Waals surface area contributed by atoms with Gasteiger partial charge in [-0.05, 0) is 127 Å². The van der Waals surface area contributed by atoms with E-state index in [1.54, 1.807) is 0 Å². The minimum absolute atomic E-state index is 1.05. The first-order valence-electron chi connectivity index (χ1n) is 12.5. The summed E-state index contributed by atoms with van der Waals surface area (Å²) < 4.78 is 0. The predicted molar refractivity (Wildman–Crippen MR) is 139 cm³/mol. The largest absolute Gasteiger partial charge is 0.0619 e. The standard InChI is InChI=1S/C34H22/c1-3-7-27-19(5-1)13-21-9-11-23-15-25-18-30-26(17-29(25)33(23)31(21)27)16-24-12-10-22-14-20-6-2-4-8-28(20)32(22)34(24)30/h1-12,17-18H,13-16H2. The molecule has 0 bridgehead atoms. The molecule has 0 unspecified atom stereocenters. The first kappa shape index (κ1) is 17.6. The van der Waals surface area contributed by atoms with Gasteiger partial charge < -0.3 is 0 Å². The molecular weight excluding hydrogens is 408 g/mol. The van der Waals surface area contributed by atoms with E-state index in [2.05, 4.69) is 84.9 Å². The zero-order valence-corrected chi connectivity index (χ0v) is 18.9. The van der Waals surface area contributed by atoms with Gasteiger partial charge in [-0.3, -0.25) is 0 Å². The summed E-state index contributed by atoms with van der Waals surface area (Å²) in [6, 6.07) is 32.6. The fraction of sp³-hybridized carbons (Fsp3) is 0.118. The van der Waals surface area contributed by atoms with Crippen LogP contribution in [0.15, 0.2) is 84.9 Å². The molecule has 0 heterocycles. The summed E-state index contributed by atoms with van der Waals surface area (Å²) in [6.45, 7) is 0. The molecule has 0 saturated carbocycles. The summed E-state index contributed by atoms with van der Waals surface area (Å²) in [6.07, 6.45) is 4.23. The molecule has 0 fully saturated rings. The maximum Gasteiger partial charge on any atom is -0.00130 e. The zero-order chi connectivity index (χ0) is 22.0. The Morgan fingerprint density at radius 1 is 0.294 bits per heavy atom. The molecule has 5 aromatic carbocycles. The third-order valence-corrected chi connectivity index (χ3v) is 8.72. The summed E-state index contributed by atoms with van der Waals surface area (Å²) in [7, 11) is 0. The smallest absolute Gasteiger partial charge is 0.00130 e. The lowest BCUT2D eigenvalue weighted by Gasteiger charge is -2.13. The molecule has 34 heavy (non-hydrogen) atoms. The minimum atomic E-state index is 1.05. The second kappa shape index (κ2) is 5.96. The molecule has 0 aliphatic heterocycles. The van der Waals surface area contributed by atoms with Gasteiger partial charge in [-0.2, -0.15) is 0 Å². The van der Waals surface area contributed by atoms with Gasteiger partial charge in [0.25, 0.3) is 0 Å². The predicted octanol–water partition coefficient (Wildman–Crippen LogP) is 7.97. The van der Waals surface area contributed by atoms with Crippen molar-refractivity contribution in [2.45, 2.75) is 25.7 Å². The summed E-state index contributed by atoms with van der Waals surface area (Å²) in [5, 5.41) is 0. The van der Waals surface area contributed by atoms with E-state index >= 15 is 0 Å². The first-order valence-corrected chi connectivity index (χ1v) is 12.5. The van der Waals surface area contributed by atoms with Crippen LogP contribution in [0.5, 0.6) is 0 Å². The molecule has 0 radical (unpaired) electrons. The first-order chi connectivity index (χ1) is 16.8. The van der Waals surface area contributed by atoms with Gasteiger partial charge in [0, 0.05) is 0 Å². The van der Waals surface area contributed by atoms with Gasteiger partial charge in [0.2, 0.25) is 0 Å². The molecule has 4 aliphatic rings. The number of benzene rings is 5. The zero-order valence-electron chi connectivity index (χ0n) is 18.9. The molecule has 5 aromatic rings. The maximum atomic E-state index is 2.55. The van der Waals surface area contributed by atoms with Gasteiger partial charge in [-0.25, -0.2) is 0 Å². The molecule has 0 heteroatoms. The van der Waals surface area contributed by atoms with Crippen molar-refractivity contribution in [3.63, 3.8) is 0 Å². The van der Waals surface area contributed by atoms with Gasteiger partial charge in [0.05, 0.1) is 0 Å². The summed E-state index contributed by atoms with van der Waals surface area (Å²) in [5.74, 6) is 0. The topological polar surface area (TPSA) is 0 Å². The number of fused-ring (bicyclic) bond motifs is 14. The number of hydrogen-bond donors (Lipinski definition) is 0. The van der Waals surface area contributed by atoms with Gasteiger partial charge in [0.15, 0.2) is 0 Å². The second-order valence-electron chi connectivity index (χ2n) is 10.5. The Bertz CT molecular complexity index is 1620. The fourth-order valence-electron chi connectivity index (χ4n) is 7.30. The molecule has 9 rings (SSSR count). The van der Waals surface area contributed by atoms with Crippen LogP contribution in [0.25, 0.3) is 44.5 Å². The average Bonchev–Trinajstić information content (AvgIpc) is 3.60. The van der Waals surface area contributed by atoms with Crippen LogP contribution >= 0.6 is 0 Å². The Kier molecular flexibility index (Phi) is 3.08. The van der Waals surface area contributed by atoms with E-state index < -0.39 is 0 Å². The summed E-state index contributed by atoms with van der Waals surface area (Å²) in [4.78, 5) is 0. The van der Waals surface area contributed by atoms with Crippen LogP contribution in [0.2, 0.25) is 0 Å². The second-order valence-corrected chi connectivity index (χ2v) is 10.5. The lowest BCUT2D eigenvalue weighted by atomic mass is 9.91. The Labute approximate surface area is 199 Å². The molecule has 0 N–H and O–H groups in total. The highest BCUT2D eigenvalue weighted by atomic mass is 14.4. The van der Waals surface area contributed by atoms with Crippen LogP contribution < -0.4 is 0 Å². The normalized spacial score (nSPS) is 14.6. The maximum absolute atomic E-state index is 2.55. The lowest BCUT2D eigenvalue weighted by molar-refractivity contribution is 1.22. The average molecular weight is 431 g/mol. The lowest BCUT2D eigenvalue weighted by Crippen LogP contribution is -1.89. The molecule has 0 saturated heterocycles. The van der Waals surface area contributed by atoms with Gasteiger partial charge in [-0.15, -0.1) is 0 Å². The van der Waals surface area contributed by atoms with E-state index in [-0.39, 0.29) is 0 Å². The Morgan fingerprint density at radius 3 is 1.09 bits per heavy atom. The van der Waals surface area contributed by atoms with Gasteiger partial charge in [-0.1, -0.05) is 72.8 Å². The van der Waals surface area contributed by atoms with E-state index in [4.69, 9.17) is 0 Å². The van der Waals surface area contributed by atoms with Crippen LogP contribution in [0.3, 0.4) is 0 Å². The Morgan fingerprint density at radius 2 is 0.647 bits per heavy atom. The molecule has 0 nitrogen and oxygen atoms in total. The van der Waals surface area contributed by atoms with E-state index in [1.165, 1.54) is 89.0 Å². The highest BCUT2D eigenvalue weighted by molar-refractivity contribution is 6.00. The van der Waals surface area contributed by atoms with Gasteiger partial charge >= 0.3 is 0 Å².